The zero-order valence-corrected chi connectivity index (χ0v) is 12.9. The number of carbonyl (C=O) groups is 1. The Morgan fingerprint density at radius 3 is 2.95 bits per heavy atom. The number of methoxy groups -OCH3 is 1. The molecule has 0 amide bonds. The summed E-state index contributed by atoms with van der Waals surface area (Å²) >= 11 is 7.85. The van der Waals surface area contributed by atoms with E-state index < -0.39 is 0 Å². The maximum Gasteiger partial charge on any atom is 0.306 e. The van der Waals surface area contributed by atoms with Crippen molar-refractivity contribution in [1.29, 1.82) is 0 Å². The second-order valence-corrected chi connectivity index (χ2v) is 6.41. The van der Waals surface area contributed by atoms with Crippen molar-refractivity contribution in [1.82, 2.24) is 4.98 Å². The molecule has 0 aliphatic heterocycles. The number of esters is 1. The summed E-state index contributed by atoms with van der Waals surface area (Å²) in [6.45, 7) is 0. The van der Waals surface area contributed by atoms with E-state index in [1.165, 1.54) is 7.11 Å². The van der Waals surface area contributed by atoms with Gasteiger partial charge in [-0.1, -0.05) is 11.6 Å². The largest absolute Gasteiger partial charge is 0.469 e. The third-order valence-corrected chi connectivity index (χ3v) is 5.06. The highest BCUT2D eigenvalue weighted by Crippen LogP contribution is 2.51. The molecule has 1 aliphatic carbocycles. The first-order valence-electron chi connectivity index (χ1n) is 6.35. The number of nitrogen functional groups attached to an aromatic ring is 1. The van der Waals surface area contributed by atoms with Crippen LogP contribution in [0.3, 0.4) is 0 Å². The standard InChI is InChI=1S/C13H18ClN3O2S/c1-19-12(18)6-13(4-5-13)8-20-7-10-9(14)2-3-11(16-10)17-15/h2-3H,4-8,15H2,1H3,(H,16,17). The van der Waals surface area contributed by atoms with Gasteiger partial charge in [0.2, 0.25) is 0 Å². The Kier molecular flexibility index (Phi) is 5.12. The van der Waals surface area contributed by atoms with Gasteiger partial charge in [0, 0.05) is 5.75 Å². The quantitative estimate of drug-likeness (QED) is 0.457. The Morgan fingerprint density at radius 2 is 2.35 bits per heavy atom. The SMILES string of the molecule is COC(=O)CC1(CSCc2nc(NN)ccc2Cl)CC1. The first kappa shape index (κ1) is 15.4. The third-order valence-electron chi connectivity index (χ3n) is 3.42. The zero-order chi connectivity index (χ0) is 14.6. The summed E-state index contributed by atoms with van der Waals surface area (Å²) in [6.07, 6.45) is 2.67. The number of ether oxygens (including phenoxy) is 1. The average Bonchev–Trinajstić information content (AvgIpc) is 3.20. The Balaban J connectivity index is 1.85. The predicted octanol–water partition coefficient (Wildman–Crippen LogP) is 2.60. The van der Waals surface area contributed by atoms with Crippen LogP contribution in [0.4, 0.5) is 5.82 Å². The molecule has 1 aromatic heterocycles. The first-order valence-corrected chi connectivity index (χ1v) is 7.88. The van der Waals surface area contributed by atoms with Crippen LogP contribution >= 0.6 is 23.4 Å². The Hall–Kier alpha value is -0.980. The first-order chi connectivity index (χ1) is 9.58. The number of hydrogen-bond acceptors (Lipinski definition) is 6. The molecule has 0 bridgehead atoms. The molecule has 0 atom stereocenters. The summed E-state index contributed by atoms with van der Waals surface area (Å²) in [5, 5.41) is 0.634. The minimum Gasteiger partial charge on any atom is -0.469 e. The molecule has 5 nitrogen and oxygen atoms in total. The molecule has 1 aliphatic rings. The molecule has 110 valence electrons. The smallest absolute Gasteiger partial charge is 0.306 e. The van der Waals surface area contributed by atoms with E-state index in [1.807, 2.05) is 0 Å². The lowest BCUT2D eigenvalue weighted by Gasteiger charge is -2.13. The van der Waals surface area contributed by atoms with E-state index in [0.717, 1.165) is 24.3 Å². The number of nitrogens with zero attached hydrogens (tertiary/aromatic N) is 1. The molecule has 3 N–H and O–H groups in total. The summed E-state index contributed by atoms with van der Waals surface area (Å²) < 4.78 is 4.74. The van der Waals surface area contributed by atoms with Gasteiger partial charge in [-0.3, -0.25) is 4.79 Å². The fourth-order valence-corrected chi connectivity index (χ4v) is 3.55. The van der Waals surface area contributed by atoms with Gasteiger partial charge in [0.15, 0.2) is 0 Å². The Labute approximate surface area is 127 Å². The summed E-state index contributed by atoms with van der Waals surface area (Å²) in [6, 6.07) is 3.51. The van der Waals surface area contributed by atoms with Gasteiger partial charge in [-0.2, -0.15) is 11.8 Å². The second kappa shape index (κ2) is 6.65. The fourth-order valence-electron chi connectivity index (χ4n) is 1.96. The van der Waals surface area contributed by atoms with Crippen molar-refractivity contribution in [2.75, 3.05) is 18.3 Å². The fraction of sp³-hybridized carbons (Fsp3) is 0.538. The summed E-state index contributed by atoms with van der Waals surface area (Å²) in [4.78, 5) is 15.7. The lowest BCUT2D eigenvalue weighted by atomic mass is 10.1. The lowest BCUT2D eigenvalue weighted by Crippen LogP contribution is -2.13. The summed E-state index contributed by atoms with van der Waals surface area (Å²) in [5.41, 5.74) is 3.43. The van der Waals surface area contributed by atoms with Crippen LogP contribution in [-0.2, 0) is 15.3 Å². The normalized spacial score (nSPS) is 15.8. The lowest BCUT2D eigenvalue weighted by molar-refractivity contribution is -0.141. The molecule has 2 rings (SSSR count). The van der Waals surface area contributed by atoms with Crippen molar-refractivity contribution in [2.45, 2.75) is 25.0 Å². The number of nitrogens with one attached hydrogen (secondary N) is 1. The number of hydrogen-bond donors (Lipinski definition) is 2. The third kappa shape index (κ3) is 4.01. The molecule has 0 radical (unpaired) electrons. The van der Waals surface area contributed by atoms with Crippen molar-refractivity contribution >= 4 is 35.1 Å². The molecule has 20 heavy (non-hydrogen) atoms. The molecule has 1 fully saturated rings. The summed E-state index contributed by atoms with van der Waals surface area (Å²) in [5.74, 6) is 7.42. The second-order valence-electron chi connectivity index (χ2n) is 5.02. The zero-order valence-electron chi connectivity index (χ0n) is 11.3. The van der Waals surface area contributed by atoms with Crippen molar-refractivity contribution in [3.05, 3.63) is 22.8 Å². The molecule has 0 spiro atoms. The summed E-state index contributed by atoms with van der Waals surface area (Å²) in [7, 11) is 1.43. The van der Waals surface area contributed by atoms with E-state index >= 15 is 0 Å². The van der Waals surface area contributed by atoms with Gasteiger partial charge in [-0.25, -0.2) is 10.8 Å². The monoisotopic (exact) mass is 315 g/mol. The van der Waals surface area contributed by atoms with E-state index in [-0.39, 0.29) is 11.4 Å². The van der Waals surface area contributed by atoms with Crippen LogP contribution in [0.5, 0.6) is 0 Å². The number of anilines is 1. The molecule has 7 heteroatoms. The molecule has 0 unspecified atom stereocenters. The van der Waals surface area contributed by atoms with Gasteiger partial charge in [0.25, 0.3) is 0 Å². The highest BCUT2D eigenvalue weighted by atomic mass is 35.5. The van der Waals surface area contributed by atoms with E-state index in [1.54, 1.807) is 23.9 Å². The maximum absolute atomic E-state index is 11.4. The maximum atomic E-state index is 11.4. The number of hydrazine groups is 1. The number of halogens is 1. The molecule has 0 saturated heterocycles. The van der Waals surface area contributed by atoms with Crippen LogP contribution < -0.4 is 11.3 Å². The molecule has 1 heterocycles. The van der Waals surface area contributed by atoms with Gasteiger partial charge in [-0.15, -0.1) is 0 Å². The molecule has 1 aromatic rings. The van der Waals surface area contributed by atoms with Crippen LogP contribution in [0.25, 0.3) is 0 Å². The number of rotatable bonds is 7. The van der Waals surface area contributed by atoms with Crippen LogP contribution in [0, 0.1) is 5.41 Å². The van der Waals surface area contributed by atoms with Gasteiger partial charge in [0.05, 0.1) is 24.2 Å². The van der Waals surface area contributed by atoms with E-state index in [2.05, 4.69) is 10.4 Å². The number of thioether (sulfide) groups is 1. The number of nitrogens with two attached hydrogens (primary N) is 1. The van der Waals surface area contributed by atoms with Crippen LogP contribution in [0.2, 0.25) is 5.02 Å². The van der Waals surface area contributed by atoms with Crippen molar-refractivity contribution in [3.63, 3.8) is 0 Å². The molecular weight excluding hydrogens is 298 g/mol. The van der Waals surface area contributed by atoms with Crippen LogP contribution in [0.15, 0.2) is 12.1 Å². The Morgan fingerprint density at radius 1 is 1.60 bits per heavy atom. The highest BCUT2D eigenvalue weighted by Gasteiger charge is 2.44. The number of carbonyl (C=O) groups excluding carboxylic acids is 1. The van der Waals surface area contributed by atoms with E-state index in [4.69, 9.17) is 22.2 Å². The highest BCUT2D eigenvalue weighted by molar-refractivity contribution is 7.98. The molecule has 0 aromatic carbocycles. The van der Waals surface area contributed by atoms with Crippen LogP contribution in [-0.4, -0.2) is 23.8 Å². The van der Waals surface area contributed by atoms with E-state index in [9.17, 15) is 4.79 Å². The predicted molar refractivity (Wildman–Crippen MR) is 81.5 cm³/mol. The van der Waals surface area contributed by atoms with Crippen molar-refractivity contribution in [2.24, 2.45) is 11.3 Å². The Bertz CT molecular complexity index is 495. The van der Waals surface area contributed by atoms with Crippen LogP contribution in [0.1, 0.15) is 25.0 Å². The van der Waals surface area contributed by atoms with Gasteiger partial charge in [-0.05, 0) is 36.1 Å². The minimum atomic E-state index is -0.131. The average molecular weight is 316 g/mol. The van der Waals surface area contributed by atoms with Gasteiger partial charge < -0.3 is 10.2 Å². The van der Waals surface area contributed by atoms with Crippen molar-refractivity contribution in [3.8, 4) is 0 Å². The number of pyridine rings is 1. The van der Waals surface area contributed by atoms with Crippen molar-refractivity contribution < 1.29 is 9.53 Å². The minimum absolute atomic E-state index is 0.119. The molecule has 1 saturated carbocycles. The number of aromatic nitrogens is 1. The van der Waals surface area contributed by atoms with E-state index in [0.29, 0.717) is 23.0 Å². The topological polar surface area (TPSA) is 77.2 Å². The molecular formula is C13H18ClN3O2S. The van der Waals surface area contributed by atoms with Gasteiger partial charge >= 0.3 is 5.97 Å². The van der Waals surface area contributed by atoms with Gasteiger partial charge in [0.1, 0.15) is 5.82 Å².